The van der Waals surface area contributed by atoms with Crippen molar-refractivity contribution in [2.75, 3.05) is 14.1 Å². The topological polar surface area (TPSA) is 3.24 Å². The number of hydrogen-bond acceptors (Lipinski definition) is 1. The largest absolute Gasteiger partial charge is 0.302 e. The first-order valence-electron chi connectivity index (χ1n) is 5.99. The lowest BCUT2D eigenvalue weighted by molar-refractivity contribution is 0.298. The van der Waals surface area contributed by atoms with Gasteiger partial charge in [0.15, 0.2) is 0 Å². The van der Waals surface area contributed by atoms with Crippen LogP contribution < -0.4 is 0 Å². The van der Waals surface area contributed by atoms with Gasteiger partial charge < -0.3 is 4.90 Å². The molecular formula is C14H20FN. The lowest BCUT2D eigenvalue weighted by Gasteiger charge is -2.20. The summed E-state index contributed by atoms with van der Waals surface area (Å²) >= 11 is 0. The molecule has 0 saturated heterocycles. The molecular weight excluding hydrogens is 201 g/mol. The minimum atomic E-state index is -0.0394. The molecule has 1 unspecified atom stereocenters. The molecule has 0 spiro atoms. The number of benzene rings is 1. The number of aryl methyl sites for hydroxylation is 1. The first kappa shape index (κ1) is 11.6. The lowest BCUT2D eigenvalue weighted by Crippen LogP contribution is -2.17. The number of hydrogen-bond donors (Lipinski definition) is 0. The van der Waals surface area contributed by atoms with E-state index in [9.17, 15) is 4.39 Å². The molecule has 0 amide bonds. The van der Waals surface area contributed by atoms with E-state index < -0.39 is 0 Å². The van der Waals surface area contributed by atoms with Crippen molar-refractivity contribution in [1.82, 2.24) is 4.90 Å². The molecule has 0 N–H and O–H groups in total. The van der Waals surface area contributed by atoms with Gasteiger partial charge in [-0.25, -0.2) is 4.39 Å². The predicted molar refractivity (Wildman–Crippen MR) is 65.2 cm³/mol. The van der Waals surface area contributed by atoms with Gasteiger partial charge in [-0.15, -0.1) is 0 Å². The van der Waals surface area contributed by atoms with Gasteiger partial charge in [0, 0.05) is 6.04 Å². The molecule has 1 nitrogen and oxygen atoms in total. The Morgan fingerprint density at radius 2 is 2.00 bits per heavy atom. The second-order valence-corrected chi connectivity index (χ2v) is 5.25. The summed E-state index contributed by atoms with van der Waals surface area (Å²) in [6.45, 7) is 4.09. The van der Waals surface area contributed by atoms with Crippen LogP contribution in [-0.4, -0.2) is 19.0 Å². The third-order valence-corrected chi connectivity index (χ3v) is 3.55. The Kier molecular flexibility index (Phi) is 3.02. The maximum Gasteiger partial charge on any atom is 0.127 e. The summed E-state index contributed by atoms with van der Waals surface area (Å²) in [4.78, 5) is 2.18. The normalized spacial score (nSPS) is 19.6. The van der Waals surface area contributed by atoms with Gasteiger partial charge in [-0.3, -0.25) is 0 Å². The number of halogens is 1. The summed E-state index contributed by atoms with van der Waals surface area (Å²) in [5, 5.41) is 0. The molecule has 0 heterocycles. The van der Waals surface area contributed by atoms with E-state index in [-0.39, 0.29) is 11.7 Å². The average Bonchev–Trinajstić information content (AvgIpc) is 2.58. The highest BCUT2D eigenvalue weighted by Gasteiger charge is 2.26. The Hall–Kier alpha value is -0.890. The zero-order valence-electron chi connectivity index (χ0n) is 10.5. The molecule has 0 radical (unpaired) electrons. The highest BCUT2D eigenvalue weighted by Crippen LogP contribution is 2.37. The van der Waals surface area contributed by atoms with Crippen LogP contribution in [0.4, 0.5) is 4.39 Å². The van der Waals surface area contributed by atoms with E-state index in [1.165, 1.54) is 11.1 Å². The van der Waals surface area contributed by atoms with Crippen molar-refractivity contribution in [3.05, 3.63) is 34.6 Å². The minimum Gasteiger partial charge on any atom is -0.302 e. The van der Waals surface area contributed by atoms with Gasteiger partial charge in [0.2, 0.25) is 0 Å². The SMILES string of the molecule is CC(C)c1cc2c(cc1F)C(N(C)C)CC2. The van der Waals surface area contributed by atoms with Gasteiger partial charge in [-0.05, 0) is 55.6 Å². The van der Waals surface area contributed by atoms with E-state index in [2.05, 4.69) is 25.1 Å². The van der Waals surface area contributed by atoms with Crippen LogP contribution in [0.2, 0.25) is 0 Å². The molecule has 0 aliphatic heterocycles. The fourth-order valence-electron chi connectivity index (χ4n) is 2.61. The number of rotatable bonds is 2. The highest BCUT2D eigenvalue weighted by atomic mass is 19.1. The molecule has 0 bridgehead atoms. The third-order valence-electron chi connectivity index (χ3n) is 3.55. The summed E-state index contributed by atoms with van der Waals surface area (Å²) in [5.74, 6) is 0.228. The van der Waals surface area contributed by atoms with E-state index in [0.29, 0.717) is 6.04 Å². The van der Waals surface area contributed by atoms with Crippen molar-refractivity contribution in [3.8, 4) is 0 Å². The first-order valence-corrected chi connectivity index (χ1v) is 5.99. The van der Waals surface area contributed by atoms with Crippen LogP contribution >= 0.6 is 0 Å². The quantitative estimate of drug-likeness (QED) is 0.739. The standard InChI is InChI=1S/C14H20FN/c1-9(2)11-7-10-5-6-14(16(3)4)12(10)8-13(11)15/h7-9,14H,5-6H2,1-4H3. The number of nitrogens with zero attached hydrogens (tertiary/aromatic N) is 1. The Balaban J connectivity index is 2.44. The zero-order chi connectivity index (χ0) is 11.9. The van der Waals surface area contributed by atoms with E-state index in [0.717, 1.165) is 18.4 Å². The molecule has 1 aliphatic rings. The number of fused-ring (bicyclic) bond motifs is 1. The van der Waals surface area contributed by atoms with E-state index >= 15 is 0 Å². The summed E-state index contributed by atoms with van der Waals surface area (Å²) in [7, 11) is 4.13. The molecule has 0 saturated carbocycles. The second kappa shape index (κ2) is 4.17. The predicted octanol–water partition coefficient (Wildman–Crippen LogP) is 3.50. The average molecular weight is 221 g/mol. The van der Waals surface area contributed by atoms with Crippen molar-refractivity contribution in [2.45, 2.75) is 38.6 Å². The molecule has 2 heteroatoms. The molecule has 0 aromatic heterocycles. The van der Waals surface area contributed by atoms with Gasteiger partial charge in [-0.2, -0.15) is 0 Å². The van der Waals surface area contributed by atoms with Gasteiger partial charge >= 0.3 is 0 Å². The smallest absolute Gasteiger partial charge is 0.127 e. The van der Waals surface area contributed by atoms with Crippen molar-refractivity contribution in [3.63, 3.8) is 0 Å². The molecule has 88 valence electrons. The zero-order valence-corrected chi connectivity index (χ0v) is 10.5. The Bertz CT molecular complexity index is 396. The maximum absolute atomic E-state index is 13.9. The van der Waals surface area contributed by atoms with Crippen LogP contribution in [0.5, 0.6) is 0 Å². The Labute approximate surface area is 97.3 Å². The van der Waals surface area contributed by atoms with E-state index in [4.69, 9.17) is 0 Å². The van der Waals surface area contributed by atoms with E-state index in [1.54, 1.807) is 6.07 Å². The van der Waals surface area contributed by atoms with Crippen LogP contribution in [0, 0.1) is 5.82 Å². The maximum atomic E-state index is 13.9. The second-order valence-electron chi connectivity index (χ2n) is 5.25. The Morgan fingerprint density at radius 1 is 1.31 bits per heavy atom. The van der Waals surface area contributed by atoms with Gasteiger partial charge in [0.25, 0.3) is 0 Å². The summed E-state index contributed by atoms with van der Waals surface area (Å²) in [6.07, 6.45) is 2.20. The fourth-order valence-corrected chi connectivity index (χ4v) is 2.61. The van der Waals surface area contributed by atoms with Crippen molar-refractivity contribution < 1.29 is 4.39 Å². The molecule has 0 fully saturated rings. The summed E-state index contributed by atoms with van der Waals surface area (Å²) in [6, 6.07) is 4.21. The van der Waals surface area contributed by atoms with Crippen molar-refractivity contribution in [1.29, 1.82) is 0 Å². The van der Waals surface area contributed by atoms with Crippen LogP contribution in [0.25, 0.3) is 0 Å². The molecule has 2 rings (SSSR count). The molecule has 1 aromatic rings. The van der Waals surface area contributed by atoms with Crippen molar-refractivity contribution in [2.24, 2.45) is 0 Å². The van der Waals surface area contributed by atoms with Gasteiger partial charge in [0.05, 0.1) is 0 Å². The summed E-state index contributed by atoms with van der Waals surface area (Å²) < 4.78 is 13.9. The fraction of sp³-hybridized carbons (Fsp3) is 0.571. The van der Waals surface area contributed by atoms with Gasteiger partial charge in [-0.1, -0.05) is 19.9 Å². The Morgan fingerprint density at radius 3 is 2.56 bits per heavy atom. The minimum absolute atomic E-state index is 0.0394. The lowest BCUT2D eigenvalue weighted by atomic mass is 9.97. The van der Waals surface area contributed by atoms with Crippen LogP contribution in [0.1, 0.15) is 48.9 Å². The molecule has 16 heavy (non-hydrogen) atoms. The van der Waals surface area contributed by atoms with Crippen LogP contribution in [0.15, 0.2) is 12.1 Å². The highest BCUT2D eigenvalue weighted by molar-refractivity contribution is 5.39. The first-order chi connectivity index (χ1) is 7.50. The molecule has 1 aromatic carbocycles. The molecule has 1 aliphatic carbocycles. The third kappa shape index (κ3) is 1.86. The van der Waals surface area contributed by atoms with Gasteiger partial charge in [0.1, 0.15) is 5.82 Å². The molecule has 1 atom stereocenters. The monoisotopic (exact) mass is 221 g/mol. The summed E-state index contributed by atoms with van der Waals surface area (Å²) in [5.41, 5.74) is 3.38. The van der Waals surface area contributed by atoms with E-state index in [1.807, 2.05) is 13.8 Å². The van der Waals surface area contributed by atoms with Crippen molar-refractivity contribution >= 4 is 0 Å². The van der Waals surface area contributed by atoms with Crippen LogP contribution in [0.3, 0.4) is 0 Å². The van der Waals surface area contributed by atoms with Crippen LogP contribution in [-0.2, 0) is 6.42 Å².